The van der Waals surface area contributed by atoms with Crippen LogP contribution in [0, 0.1) is 19.9 Å². The Labute approximate surface area is 404 Å². The third-order valence-electron chi connectivity index (χ3n) is 7.86. The van der Waals surface area contributed by atoms with Crippen molar-refractivity contribution in [1.29, 1.82) is 0 Å². The van der Waals surface area contributed by atoms with Gasteiger partial charge in [-0.05, 0) is 115 Å². The summed E-state index contributed by atoms with van der Waals surface area (Å²) in [6, 6.07) is 33.4. The maximum atomic E-state index is 13.0. The maximum absolute atomic E-state index is 13.0. The average molecular weight is 844 g/mol. The number of hydrogen-bond donors (Lipinski definition) is 3. The molecule has 0 radical (unpaired) electrons. The van der Waals surface area contributed by atoms with Crippen LogP contribution < -0.4 is 110 Å². The van der Waals surface area contributed by atoms with Crippen molar-refractivity contribution in [3.63, 3.8) is 0 Å². The Morgan fingerprint density at radius 3 is 1.90 bits per heavy atom. The summed E-state index contributed by atoms with van der Waals surface area (Å²) in [6.07, 6.45) is 0. The summed E-state index contributed by atoms with van der Waals surface area (Å²) in [5, 5.41) is 39.5. The predicted octanol–water partition coefficient (Wildman–Crippen LogP) is 0.131. The predicted molar refractivity (Wildman–Crippen MR) is 203 cm³/mol. The first kappa shape index (κ1) is 49.0. The van der Waals surface area contributed by atoms with Crippen molar-refractivity contribution in [3.05, 3.63) is 138 Å². The molecule has 0 aromatic heterocycles. The number of azo groups is 2. The molecule has 6 aromatic rings. The quantitative estimate of drug-likeness (QED) is 0.0290. The molecule has 0 aliphatic rings. The Morgan fingerprint density at radius 2 is 1.26 bits per heavy atom. The third-order valence-corrected chi connectivity index (χ3v) is 9.29. The van der Waals surface area contributed by atoms with E-state index in [-0.39, 0.29) is 116 Å². The van der Waals surface area contributed by atoms with Crippen LogP contribution in [0.5, 0.6) is 0 Å². The fourth-order valence-corrected chi connectivity index (χ4v) is 6.45. The number of carbonyl (C=O) groups excluding carboxylic acids is 2. The summed E-state index contributed by atoms with van der Waals surface area (Å²) in [5.74, 6) is -0.490. The van der Waals surface area contributed by atoms with E-state index in [2.05, 4.69) is 51.8 Å². The Bertz CT molecular complexity index is 2570. The number of anilines is 3. The molecular formula is C38H28N7Na3O8S2. The first-order valence-corrected chi connectivity index (χ1v) is 18.3. The second-order valence-corrected chi connectivity index (χ2v) is 13.9. The maximum Gasteiger partial charge on any atom is 1.00 e. The molecule has 6 rings (SSSR count). The molecule has 0 fully saturated rings. The Kier molecular flexibility index (Phi) is 19.3. The number of rotatable bonds is 12. The SMILES string of the molecule is Cc1cc(N=Nc2ccc(NC(=O)Nc3cc[c-]cc3)cc2C)ccc1N=Nc1ccc(C(=O)Nc2ccc3cc(SOO[O-])cc(S(=O)(=O)[O-])c3c2)cc1.[Na+].[Na+].[Na+]. The Balaban J connectivity index is 0.00000300. The van der Waals surface area contributed by atoms with Crippen molar-refractivity contribution in [2.75, 3.05) is 16.0 Å². The average Bonchev–Trinajstić information content (AvgIpc) is 3.16. The topological polar surface area (TPSA) is 218 Å². The fraction of sp³-hybridized carbons (Fsp3) is 0.0526. The molecule has 0 bridgehead atoms. The van der Waals surface area contributed by atoms with Crippen LogP contribution in [0.15, 0.2) is 146 Å². The van der Waals surface area contributed by atoms with Gasteiger partial charge in [-0.1, -0.05) is 11.8 Å². The van der Waals surface area contributed by atoms with Crippen LogP contribution in [0.4, 0.5) is 44.6 Å². The Morgan fingerprint density at radius 1 is 0.672 bits per heavy atom. The minimum absolute atomic E-state index is 0. The minimum Gasteiger partial charge on any atom is -0.744 e. The van der Waals surface area contributed by atoms with Gasteiger partial charge in [-0.3, -0.25) is 9.83 Å². The van der Waals surface area contributed by atoms with E-state index in [9.17, 15) is 27.8 Å². The summed E-state index contributed by atoms with van der Waals surface area (Å²) >= 11 is 0.445. The number of aryl methyl sites for hydroxylation is 2. The summed E-state index contributed by atoms with van der Waals surface area (Å²) in [7, 11) is -4.93. The third kappa shape index (κ3) is 13.6. The molecule has 58 heavy (non-hydrogen) atoms. The van der Waals surface area contributed by atoms with Gasteiger partial charge < -0.3 is 25.8 Å². The zero-order chi connectivity index (χ0) is 39.0. The zero-order valence-electron chi connectivity index (χ0n) is 31.8. The van der Waals surface area contributed by atoms with Gasteiger partial charge in [0.2, 0.25) is 0 Å². The number of nitrogens with zero attached hydrogens (tertiary/aromatic N) is 4. The second-order valence-electron chi connectivity index (χ2n) is 11.8. The van der Waals surface area contributed by atoms with Gasteiger partial charge in [0.1, 0.15) is 10.1 Å². The van der Waals surface area contributed by atoms with Crippen LogP contribution in [0.3, 0.4) is 0 Å². The van der Waals surface area contributed by atoms with E-state index in [4.69, 9.17) is 0 Å². The standard InChI is InChI=1S/C38H30N7O8S2.3Na/c1-23-18-29(41-38(47)40-27-6-4-3-5-7-27)14-16-34(23)45-43-31-15-17-35(24(2)19-31)44-42-28-11-8-25(9-12-28)37(46)39-30-13-10-26-20-32(54-53-52-48)22-36(33(26)21-30)55(49,50)51;;;/h4-22,48H,1-2H3,(H,39,46)(H2,40,41,47)(H,49,50,51);;;/q-1;3*+1/p-2. The van der Waals surface area contributed by atoms with E-state index in [1.165, 1.54) is 24.3 Å². The molecule has 0 saturated heterocycles. The van der Waals surface area contributed by atoms with Crippen LogP contribution in [0.1, 0.15) is 21.5 Å². The van der Waals surface area contributed by atoms with Crippen molar-refractivity contribution in [3.8, 4) is 0 Å². The summed E-state index contributed by atoms with van der Waals surface area (Å²) < 4.78 is 40.1. The zero-order valence-corrected chi connectivity index (χ0v) is 39.5. The number of fused-ring (bicyclic) bond motifs is 1. The number of urea groups is 1. The van der Waals surface area contributed by atoms with Crippen LogP contribution in [-0.4, -0.2) is 24.9 Å². The van der Waals surface area contributed by atoms with Gasteiger partial charge in [-0.2, -0.15) is 43.0 Å². The molecule has 0 saturated carbocycles. The van der Waals surface area contributed by atoms with Crippen LogP contribution >= 0.6 is 12.0 Å². The molecule has 0 spiro atoms. The van der Waals surface area contributed by atoms with E-state index in [0.717, 1.165) is 17.2 Å². The fourth-order valence-electron chi connectivity index (χ4n) is 5.21. The number of amides is 3. The van der Waals surface area contributed by atoms with E-state index < -0.39 is 20.9 Å². The molecule has 6 aromatic carbocycles. The number of carbonyl (C=O) groups is 2. The van der Waals surface area contributed by atoms with E-state index in [1.54, 1.807) is 78.9 Å². The second kappa shape index (κ2) is 22.9. The van der Waals surface area contributed by atoms with Crippen molar-refractivity contribution >= 4 is 84.7 Å². The summed E-state index contributed by atoms with van der Waals surface area (Å²) in [4.78, 5) is 24.9. The summed E-state index contributed by atoms with van der Waals surface area (Å²) in [5.41, 5.74) is 5.75. The number of benzene rings is 6. The van der Waals surface area contributed by atoms with Crippen molar-refractivity contribution in [1.82, 2.24) is 0 Å². The van der Waals surface area contributed by atoms with Crippen molar-refractivity contribution in [2.45, 2.75) is 23.6 Å². The summed E-state index contributed by atoms with van der Waals surface area (Å²) in [6.45, 7) is 3.73. The number of hydrogen-bond acceptors (Lipinski definition) is 13. The molecule has 0 aliphatic carbocycles. The van der Waals surface area contributed by atoms with Gasteiger partial charge in [0.15, 0.2) is 0 Å². The smallest absolute Gasteiger partial charge is 0.744 e. The minimum atomic E-state index is -4.93. The molecule has 278 valence electrons. The molecule has 20 heteroatoms. The molecule has 15 nitrogen and oxygen atoms in total. The first-order valence-electron chi connectivity index (χ1n) is 16.1. The van der Waals surface area contributed by atoms with Crippen molar-refractivity contribution < 1.29 is 126 Å². The normalized spacial score (nSPS) is 11.0. The van der Waals surface area contributed by atoms with Crippen LogP contribution in [0.25, 0.3) is 10.8 Å². The van der Waals surface area contributed by atoms with Gasteiger partial charge in [-0.25, -0.2) is 13.2 Å². The molecule has 0 atom stereocenters. The van der Waals surface area contributed by atoms with E-state index in [1.807, 2.05) is 19.9 Å². The van der Waals surface area contributed by atoms with Gasteiger partial charge in [0, 0.05) is 27.2 Å². The van der Waals surface area contributed by atoms with Gasteiger partial charge >= 0.3 is 94.7 Å². The van der Waals surface area contributed by atoms with Gasteiger partial charge in [0.05, 0.1) is 39.7 Å². The first-order chi connectivity index (χ1) is 26.4. The van der Waals surface area contributed by atoms with E-state index in [0.29, 0.717) is 51.6 Å². The molecule has 3 N–H and O–H groups in total. The molecule has 3 amide bonds. The number of nitrogens with one attached hydrogen (secondary N) is 3. The van der Waals surface area contributed by atoms with Crippen LogP contribution in [0.2, 0.25) is 0 Å². The molecule has 0 heterocycles. The molecule has 0 unspecified atom stereocenters. The molecular weight excluding hydrogens is 816 g/mol. The monoisotopic (exact) mass is 843 g/mol. The molecule has 0 aliphatic heterocycles. The van der Waals surface area contributed by atoms with Crippen molar-refractivity contribution in [2.24, 2.45) is 20.5 Å². The van der Waals surface area contributed by atoms with E-state index >= 15 is 0 Å². The van der Waals surface area contributed by atoms with Crippen LogP contribution in [-0.2, 0) is 19.5 Å². The van der Waals surface area contributed by atoms with Gasteiger partial charge in [0.25, 0.3) is 5.91 Å². The van der Waals surface area contributed by atoms with Gasteiger partial charge in [-0.15, -0.1) is 12.1 Å². The largest absolute Gasteiger partial charge is 1.00 e. The Hall–Kier alpha value is -3.34.